The van der Waals surface area contributed by atoms with Crippen molar-refractivity contribution in [2.45, 2.75) is 30.7 Å². The normalized spacial score (nSPS) is 10.7. The summed E-state index contributed by atoms with van der Waals surface area (Å²) in [5.74, 6) is 0.556. The summed E-state index contributed by atoms with van der Waals surface area (Å²) < 4.78 is 3.76. The van der Waals surface area contributed by atoms with E-state index in [-0.39, 0.29) is 5.56 Å². The van der Waals surface area contributed by atoms with Crippen molar-refractivity contribution in [3.05, 3.63) is 27.8 Å². The molecule has 0 unspecified atom stereocenters. The Morgan fingerprint density at radius 2 is 2.39 bits per heavy atom. The number of nitrogen functional groups attached to an aromatic ring is 1. The first-order valence-corrected chi connectivity index (χ1v) is 7.24. The van der Waals surface area contributed by atoms with Crippen molar-refractivity contribution in [1.82, 2.24) is 19.6 Å². The molecule has 0 saturated heterocycles. The van der Waals surface area contributed by atoms with Crippen LogP contribution in [0.2, 0.25) is 0 Å². The van der Waals surface area contributed by atoms with Crippen LogP contribution in [-0.2, 0) is 12.2 Å². The number of rotatable bonds is 5. The number of nitrogens with zero attached hydrogens (tertiary/aromatic N) is 3. The van der Waals surface area contributed by atoms with E-state index in [2.05, 4.69) is 26.5 Å². The van der Waals surface area contributed by atoms with Crippen molar-refractivity contribution in [1.29, 1.82) is 0 Å². The number of anilines is 1. The first-order valence-electron chi connectivity index (χ1n) is 5.48. The fourth-order valence-corrected chi connectivity index (χ4v) is 2.77. The Morgan fingerprint density at radius 1 is 1.56 bits per heavy atom. The maximum atomic E-state index is 11.5. The van der Waals surface area contributed by atoms with Gasteiger partial charge in [-0.2, -0.15) is 0 Å². The van der Waals surface area contributed by atoms with Crippen LogP contribution in [0.4, 0.5) is 5.00 Å². The lowest BCUT2D eigenvalue weighted by atomic mass is 10.2. The molecule has 0 spiro atoms. The van der Waals surface area contributed by atoms with Crippen molar-refractivity contribution < 1.29 is 0 Å². The third kappa shape index (κ3) is 3.30. The lowest BCUT2D eigenvalue weighted by Crippen LogP contribution is -2.10. The number of hydrogen-bond donors (Lipinski definition) is 2. The van der Waals surface area contributed by atoms with Crippen molar-refractivity contribution >= 4 is 28.3 Å². The molecule has 0 aliphatic heterocycles. The fourth-order valence-electron chi connectivity index (χ4n) is 1.39. The van der Waals surface area contributed by atoms with Crippen molar-refractivity contribution in [2.24, 2.45) is 0 Å². The van der Waals surface area contributed by atoms with E-state index in [1.54, 1.807) is 0 Å². The molecule has 0 fully saturated rings. The molecule has 0 radical (unpaired) electrons. The zero-order valence-corrected chi connectivity index (χ0v) is 11.5. The van der Waals surface area contributed by atoms with Crippen LogP contribution in [0.1, 0.15) is 24.7 Å². The predicted octanol–water partition coefficient (Wildman–Crippen LogP) is 1.45. The summed E-state index contributed by atoms with van der Waals surface area (Å²) in [6.07, 6.45) is 1.77. The van der Waals surface area contributed by atoms with Crippen LogP contribution < -0.4 is 11.3 Å². The molecule has 2 rings (SSSR count). The number of aromatic nitrogens is 4. The van der Waals surface area contributed by atoms with Gasteiger partial charge in [0.15, 0.2) is 5.16 Å². The van der Waals surface area contributed by atoms with Crippen molar-refractivity contribution in [3.63, 3.8) is 0 Å². The van der Waals surface area contributed by atoms with Crippen LogP contribution in [-0.4, -0.2) is 19.6 Å². The highest BCUT2D eigenvalue weighted by Crippen LogP contribution is 2.22. The lowest BCUT2D eigenvalue weighted by molar-refractivity contribution is 0.815. The topological polar surface area (TPSA) is 97.5 Å². The monoisotopic (exact) mass is 283 g/mol. The molecule has 0 aliphatic carbocycles. The number of thioether (sulfide) groups is 1. The second-order valence-corrected chi connectivity index (χ2v) is 5.41. The van der Waals surface area contributed by atoms with Gasteiger partial charge in [0.25, 0.3) is 5.56 Å². The zero-order valence-electron chi connectivity index (χ0n) is 9.84. The van der Waals surface area contributed by atoms with Crippen LogP contribution in [0.15, 0.2) is 16.0 Å². The summed E-state index contributed by atoms with van der Waals surface area (Å²) >= 11 is 2.57. The average molecular weight is 283 g/mol. The highest BCUT2D eigenvalue weighted by atomic mass is 32.2. The Balaban J connectivity index is 2.09. The van der Waals surface area contributed by atoms with Gasteiger partial charge in [0.1, 0.15) is 10.7 Å². The van der Waals surface area contributed by atoms with Gasteiger partial charge in [0.05, 0.1) is 0 Å². The van der Waals surface area contributed by atoms with Gasteiger partial charge in [-0.1, -0.05) is 29.6 Å². The third-order valence-electron chi connectivity index (χ3n) is 2.21. The Kier molecular flexibility index (Phi) is 4.32. The second-order valence-electron chi connectivity index (χ2n) is 3.66. The molecule has 3 N–H and O–H groups in total. The highest BCUT2D eigenvalue weighted by molar-refractivity contribution is 7.98. The summed E-state index contributed by atoms with van der Waals surface area (Å²) in [4.78, 5) is 18.5. The van der Waals surface area contributed by atoms with Crippen LogP contribution in [0.3, 0.4) is 0 Å². The quantitative estimate of drug-likeness (QED) is 0.636. The zero-order chi connectivity index (χ0) is 13.0. The van der Waals surface area contributed by atoms with E-state index in [0.29, 0.717) is 15.9 Å². The number of aromatic amines is 1. The van der Waals surface area contributed by atoms with Gasteiger partial charge in [-0.25, -0.2) is 4.98 Å². The van der Waals surface area contributed by atoms with Gasteiger partial charge in [-0.15, -0.1) is 5.10 Å². The summed E-state index contributed by atoms with van der Waals surface area (Å²) in [6, 6.07) is 1.53. The molecule has 18 heavy (non-hydrogen) atoms. The minimum Gasteiger partial charge on any atom is -0.388 e. The SMILES string of the molecule is CCCc1cc(=O)[nH]c(SCc2nnsc2N)n1. The molecule has 8 heteroatoms. The first-order chi connectivity index (χ1) is 8.69. The van der Waals surface area contributed by atoms with Crippen LogP contribution in [0, 0.1) is 0 Å². The van der Waals surface area contributed by atoms with Gasteiger partial charge >= 0.3 is 0 Å². The summed E-state index contributed by atoms with van der Waals surface area (Å²) in [5.41, 5.74) is 7.12. The Labute approximate surface area is 112 Å². The minimum atomic E-state index is -0.125. The summed E-state index contributed by atoms with van der Waals surface area (Å²) in [5, 5.41) is 5.12. The standard InChI is InChI=1S/C10H13N5OS2/c1-2-3-6-4-8(16)13-10(12-6)17-5-7-9(11)18-15-14-7/h4H,2-3,5,11H2,1H3,(H,12,13,16). The Hall–Kier alpha value is -1.41. The average Bonchev–Trinajstić information content (AvgIpc) is 2.72. The van der Waals surface area contributed by atoms with Gasteiger partial charge < -0.3 is 10.7 Å². The number of nitrogens with two attached hydrogens (primary N) is 1. The first kappa shape index (κ1) is 13.0. The van der Waals surface area contributed by atoms with Crippen LogP contribution in [0.25, 0.3) is 0 Å². The molecule has 0 saturated carbocycles. The molecule has 96 valence electrons. The van der Waals surface area contributed by atoms with Crippen molar-refractivity contribution in [3.8, 4) is 0 Å². The number of aryl methyl sites for hydroxylation is 1. The van der Waals surface area contributed by atoms with Crippen LogP contribution in [0.5, 0.6) is 0 Å². The van der Waals surface area contributed by atoms with Crippen molar-refractivity contribution in [2.75, 3.05) is 5.73 Å². The summed E-state index contributed by atoms with van der Waals surface area (Å²) in [6.45, 7) is 2.05. The smallest absolute Gasteiger partial charge is 0.251 e. The van der Waals surface area contributed by atoms with E-state index in [9.17, 15) is 4.79 Å². The Morgan fingerprint density at radius 3 is 3.06 bits per heavy atom. The maximum absolute atomic E-state index is 11.5. The van der Waals surface area contributed by atoms with Gasteiger partial charge in [0, 0.05) is 29.0 Å². The summed E-state index contributed by atoms with van der Waals surface area (Å²) in [7, 11) is 0. The number of hydrogen-bond acceptors (Lipinski definition) is 7. The van der Waals surface area contributed by atoms with E-state index in [4.69, 9.17) is 5.73 Å². The largest absolute Gasteiger partial charge is 0.388 e. The molecule has 6 nitrogen and oxygen atoms in total. The molecular formula is C10H13N5OS2. The maximum Gasteiger partial charge on any atom is 0.251 e. The van der Waals surface area contributed by atoms with Crippen LogP contribution >= 0.6 is 23.3 Å². The molecule has 0 aromatic carbocycles. The third-order valence-corrected chi connectivity index (χ3v) is 3.69. The van der Waals surface area contributed by atoms with Gasteiger partial charge in [-0.3, -0.25) is 4.79 Å². The minimum absolute atomic E-state index is 0.125. The molecule has 2 aromatic heterocycles. The van der Waals surface area contributed by atoms with E-state index >= 15 is 0 Å². The fraction of sp³-hybridized carbons (Fsp3) is 0.400. The highest BCUT2D eigenvalue weighted by Gasteiger charge is 2.07. The molecule has 2 aromatic rings. The van der Waals surface area contributed by atoms with Gasteiger partial charge in [0.2, 0.25) is 0 Å². The molecule has 0 aliphatic rings. The Bertz CT molecular complexity index is 580. The number of nitrogens with one attached hydrogen (secondary N) is 1. The van der Waals surface area contributed by atoms with Gasteiger partial charge in [-0.05, 0) is 6.42 Å². The van der Waals surface area contributed by atoms with E-state index < -0.39 is 0 Å². The molecule has 2 heterocycles. The molecular weight excluding hydrogens is 270 g/mol. The lowest BCUT2D eigenvalue weighted by Gasteiger charge is -2.02. The van der Waals surface area contributed by atoms with E-state index in [0.717, 1.165) is 35.8 Å². The second kappa shape index (κ2) is 5.96. The van der Waals surface area contributed by atoms with E-state index in [1.807, 2.05) is 0 Å². The molecule has 0 amide bonds. The predicted molar refractivity (Wildman–Crippen MR) is 72.7 cm³/mol. The van der Waals surface area contributed by atoms with E-state index in [1.165, 1.54) is 17.8 Å². The number of H-pyrrole nitrogens is 1. The molecule has 0 bridgehead atoms. The molecule has 0 atom stereocenters.